The van der Waals surface area contributed by atoms with Crippen LogP contribution in [0.5, 0.6) is 0 Å². The van der Waals surface area contributed by atoms with Crippen molar-refractivity contribution in [3.63, 3.8) is 0 Å². The van der Waals surface area contributed by atoms with E-state index in [0.29, 0.717) is 19.7 Å². The second-order valence-corrected chi connectivity index (χ2v) is 4.96. The van der Waals surface area contributed by atoms with Crippen molar-refractivity contribution in [2.45, 2.75) is 18.9 Å². The highest BCUT2D eigenvalue weighted by Crippen LogP contribution is 2.14. The molecule has 1 fully saturated rings. The molecule has 6 heteroatoms. The fourth-order valence-corrected chi connectivity index (χ4v) is 2.38. The van der Waals surface area contributed by atoms with E-state index in [1.807, 2.05) is 24.1 Å². The lowest BCUT2D eigenvalue weighted by atomic mass is 10.1. The Labute approximate surface area is 118 Å². The molecule has 20 heavy (non-hydrogen) atoms. The summed E-state index contributed by atoms with van der Waals surface area (Å²) in [5, 5.41) is 11.8. The van der Waals surface area contributed by atoms with Gasteiger partial charge in [-0.25, -0.2) is 4.98 Å². The van der Waals surface area contributed by atoms with Gasteiger partial charge in [0.05, 0.1) is 19.3 Å². The number of aromatic nitrogens is 1. The summed E-state index contributed by atoms with van der Waals surface area (Å²) in [6.07, 6.45) is 3.69. The van der Waals surface area contributed by atoms with E-state index < -0.39 is 5.97 Å². The van der Waals surface area contributed by atoms with Crippen LogP contribution >= 0.6 is 0 Å². The fraction of sp³-hybridized carbons (Fsp3) is 0.571. The summed E-state index contributed by atoms with van der Waals surface area (Å²) >= 11 is 0. The fourth-order valence-electron chi connectivity index (χ4n) is 2.38. The standard InChI is InChI=1S/C14H21N3O3/c1-15-13-8-11(4-5-16-13)2-3-12-9-17(6-7-20-12)10-14(18)19/h4-5,8,12H,2-3,6-7,9-10H2,1H3,(H,15,16)(H,18,19)/t12-/m0/s1. The van der Waals surface area contributed by atoms with Crippen molar-refractivity contribution < 1.29 is 14.6 Å². The summed E-state index contributed by atoms with van der Waals surface area (Å²) in [7, 11) is 1.85. The third-order valence-electron chi connectivity index (χ3n) is 3.42. The second kappa shape index (κ2) is 7.21. The first-order chi connectivity index (χ1) is 9.67. The number of ether oxygens (including phenoxy) is 1. The maximum atomic E-state index is 10.7. The molecule has 1 atom stereocenters. The van der Waals surface area contributed by atoms with Crippen LogP contribution in [0.15, 0.2) is 18.3 Å². The normalized spacial score (nSPS) is 19.8. The van der Waals surface area contributed by atoms with Gasteiger partial charge in [0, 0.05) is 26.3 Å². The maximum absolute atomic E-state index is 10.7. The Bertz CT molecular complexity index is 453. The summed E-state index contributed by atoms with van der Waals surface area (Å²) in [6, 6.07) is 4.02. The zero-order valence-corrected chi connectivity index (χ0v) is 11.7. The van der Waals surface area contributed by atoms with Crippen molar-refractivity contribution >= 4 is 11.8 Å². The Balaban J connectivity index is 1.82. The number of aliphatic carboxylic acids is 1. The summed E-state index contributed by atoms with van der Waals surface area (Å²) in [5.74, 6) is 0.0815. The third kappa shape index (κ3) is 4.47. The predicted octanol–water partition coefficient (Wildman–Crippen LogP) is 0.841. The van der Waals surface area contributed by atoms with Gasteiger partial charge in [-0.05, 0) is 30.5 Å². The summed E-state index contributed by atoms with van der Waals surface area (Å²) in [5.41, 5.74) is 1.21. The number of morpholine rings is 1. The van der Waals surface area contributed by atoms with Crippen LogP contribution in [-0.4, -0.2) is 60.4 Å². The number of carbonyl (C=O) groups is 1. The molecule has 0 spiro atoms. The Hall–Kier alpha value is -1.66. The summed E-state index contributed by atoms with van der Waals surface area (Å²) in [6.45, 7) is 2.09. The van der Waals surface area contributed by atoms with Crippen molar-refractivity contribution in [3.8, 4) is 0 Å². The molecule has 1 aromatic heterocycles. The van der Waals surface area contributed by atoms with E-state index in [2.05, 4.69) is 10.3 Å². The molecule has 110 valence electrons. The minimum Gasteiger partial charge on any atom is -0.480 e. The lowest BCUT2D eigenvalue weighted by Crippen LogP contribution is -2.44. The first-order valence-corrected chi connectivity index (χ1v) is 6.86. The molecule has 1 aliphatic rings. The van der Waals surface area contributed by atoms with E-state index in [0.717, 1.165) is 18.7 Å². The van der Waals surface area contributed by atoms with E-state index >= 15 is 0 Å². The van der Waals surface area contributed by atoms with Crippen LogP contribution in [-0.2, 0) is 16.0 Å². The van der Waals surface area contributed by atoms with Gasteiger partial charge in [-0.3, -0.25) is 9.69 Å². The zero-order valence-electron chi connectivity index (χ0n) is 11.7. The van der Waals surface area contributed by atoms with Crippen molar-refractivity contribution in [1.29, 1.82) is 0 Å². The number of aryl methyl sites for hydroxylation is 1. The minimum atomic E-state index is -0.779. The first kappa shape index (κ1) is 14.7. The summed E-state index contributed by atoms with van der Waals surface area (Å²) < 4.78 is 5.70. The molecule has 0 radical (unpaired) electrons. The van der Waals surface area contributed by atoms with Gasteiger partial charge in [-0.15, -0.1) is 0 Å². The third-order valence-corrected chi connectivity index (χ3v) is 3.42. The van der Waals surface area contributed by atoms with E-state index in [-0.39, 0.29) is 12.6 Å². The molecule has 2 rings (SSSR count). The van der Waals surface area contributed by atoms with Crippen molar-refractivity contribution in [3.05, 3.63) is 23.9 Å². The quantitative estimate of drug-likeness (QED) is 0.804. The minimum absolute atomic E-state index is 0.0962. The number of rotatable bonds is 6. The zero-order chi connectivity index (χ0) is 14.4. The Morgan fingerprint density at radius 3 is 3.25 bits per heavy atom. The van der Waals surface area contributed by atoms with Gasteiger partial charge in [0.15, 0.2) is 0 Å². The van der Waals surface area contributed by atoms with Crippen LogP contribution in [0.3, 0.4) is 0 Å². The molecular formula is C14H21N3O3. The van der Waals surface area contributed by atoms with Crippen LogP contribution in [0.2, 0.25) is 0 Å². The molecule has 0 bridgehead atoms. The van der Waals surface area contributed by atoms with Crippen LogP contribution in [0.1, 0.15) is 12.0 Å². The molecule has 0 aromatic carbocycles. The molecule has 0 saturated carbocycles. The molecule has 1 aromatic rings. The molecule has 2 N–H and O–H groups in total. The van der Waals surface area contributed by atoms with Gasteiger partial charge in [0.2, 0.25) is 0 Å². The number of hydrogen-bond acceptors (Lipinski definition) is 5. The van der Waals surface area contributed by atoms with E-state index in [1.165, 1.54) is 5.56 Å². The van der Waals surface area contributed by atoms with Crippen molar-refractivity contribution in [2.75, 3.05) is 38.6 Å². The topological polar surface area (TPSA) is 74.7 Å². The highest BCUT2D eigenvalue weighted by Gasteiger charge is 2.21. The number of carboxylic acid groups (broad SMARTS) is 1. The lowest BCUT2D eigenvalue weighted by Gasteiger charge is -2.31. The average Bonchev–Trinajstić information content (AvgIpc) is 2.45. The second-order valence-electron chi connectivity index (χ2n) is 4.96. The van der Waals surface area contributed by atoms with E-state index in [4.69, 9.17) is 9.84 Å². The van der Waals surface area contributed by atoms with Crippen LogP contribution in [0.25, 0.3) is 0 Å². The number of carboxylic acids is 1. The van der Waals surface area contributed by atoms with Crippen LogP contribution in [0.4, 0.5) is 5.82 Å². The highest BCUT2D eigenvalue weighted by molar-refractivity contribution is 5.69. The Kier molecular flexibility index (Phi) is 5.31. The predicted molar refractivity (Wildman–Crippen MR) is 75.9 cm³/mol. The van der Waals surface area contributed by atoms with Gasteiger partial charge >= 0.3 is 5.97 Å². The van der Waals surface area contributed by atoms with Gasteiger partial charge in [-0.1, -0.05) is 0 Å². The molecular weight excluding hydrogens is 258 g/mol. The molecule has 0 amide bonds. The maximum Gasteiger partial charge on any atom is 0.317 e. The Morgan fingerprint density at radius 1 is 1.65 bits per heavy atom. The largest absolute Gasteiger partial charge is 0.480 e. The average molecular weight is 279 g/mol. The van der Waals surface area contributed by atoms with Gasteiger partial charge in [-0.2, -0.15) is 0 Å². The SMILES string of the molecule is CNc1cc(CC[C@H]2CN(CC(=O)O)CCO2)ccn1. The molecule has 6 nitrogen and oxygen atoms in total. The molecule has 1 aliphatic heterocycles. The van der Waals surface area contributed by atoms with Gasteiger partial charge in [0.25, 0.3) is 0 Å². The lowest BCUT2D eigenvalue weighted by molar-refractivity contribution is -0.140. The monoisotopic (exact) mass is 279 g/mol. The van der Waals surface area contributed by atoms with E-state index in [9.17, 15) is 4.79 Å². The number of nitrogens with one attached hydrogen (secondary N) is 1. The highest BCUT2D eigenvalue weighted by atomic mass is 16.5. The number of hydrogen-bond donors (Lipinski definition) is 2. The molecule has 2 heterocycles. The number of nitrogens with zero attached hydrogens (tertiary/aromatic N) is 2. The van der Waals surface area contributed by atoms with Crippen LogP contribution in [0, 0.1) is 0 Å². The van der Waals surface area contributed by atoms with E-state index in [1.54, 1.807) is 6.20 Å². The van der Waals surface area contributed by atoms with Crippen LogP contribution < -0.4 is 5.32 Å². The van der Waals surface area contributed by atoms with Crippen molar-refractivity contribution in [2.24, 2.45) is 0 Å². The summed E-state index contributed by atoms with van der Waals surface area (Å²) in [4.78, 5) is 16.8. The van der Waals surface area contributed by atoms with Gasteiger partial charge in [0.1, 0.15) is 5.82 Å². The first-order valence-electron chi connectivity index (χ1n) is 6.86. The smallest absolute Gasteiger partial charge is 0.317 e. The number of anilines is 1. The van der Waals surface area contributed by atoms with Gasteiger partial charge < -0.3 is 15.2 Å². The number of pyridine rings is 1. The molecule has 1 saturated heterocycles. The molecule has 0 unspecified atom stereocenters. The Morgan fingerprint density at radius 2 is 2.50 bits per heavy atom. The molecule has 0 aliphatic carbocycles. The van der Waals surface area contributed by atoms with Crippen molar-refractivity contribution in [1.82, 2.24) is 9.88 Å².